The van der Waals surface area contributed by atoms with Gasteiger partial charge in [-0.3, -0.25) is 9.48 Å². The molecule has 1 amide bonds. The lowest BCUT2D eigenvalue weighted by Gasteiger charge is -2.46. The Morgan fingerprint density at radius 2 is 1.67 bits per heavy atom. The fraction of sp³-hybridized carbons (Fsp3) is 0.844. The Labute approximate surface area is 238 Å². The fourth-order valence-corrected chi connectivity index (χ4v) is 6.81. The zero-order chi connectivity index (χ0) is 28.4. The molecule has 1 saturated carbocycles. The number of carbonyl (C=O) groups is 1. The smallest absolute Gasteiger partial charge is 0.220 e. The number of allylic oxidation sites excluding steroid dienone is 2. The van der Waals surface area contributed by atoms with E-state index in [9.17, 15) is 4.79 Å². The summed E-state index contributed by atoms with van der Waals surface area (Å²) < 4.78 is 1.95. The van der Waals surface area contributed by atoms with Gasteiger partial charge in [-0.25, -0.2) is 0 Å². The minimum absolute atomic E-state index is 0.00143. The first-order valence-electron chi connectivity index (χ1n) is 15.8. The molecule has 39 heavy (non-hydrogen) atoms. The van der Waals surface area contributed by atoms with Crippen LogP contribution in [0.15, 0.2) is 18.3 Å². The lowest BCUT2D eigenvalue weighted by atomic mass is 9.73. The van der Waals surface area contributed by atoms with E-state index >= 15 is 0 Å². The topological polar surface area (TPSA) is 112 Å². The van der Waals surface area contributed by atoms with Gasteiger partial charge in [-0.1, -0.05) is 56.4 Å². The Hall–Kier alpha value is -1.73. The molecule has 2 aliphatic rings. The number of nitrogens with two attached hydrogens (primary N) is 2. The van der Waals surface area contributed by atoms with Crippen LogP contribution in [0.25, 0.3) is 0 Å². The second-order valence-corrected chi connectivity index (χ2v) is 14.0. The predicted octanol–water partition coefficient (Wildman–Crippen LogP) is 6.35. The second kappa shape index (κ2) is 14.2. The molecule has 1 aromatic rings. The van der Waals surface area contributed by atoms with Gasteiger partial charge in [0, 0.05) is 36.7 Å². The highest BCUT2D eigenvalue weighted by Gasteiger charge is 2.48. The summed E-state index contributed by atoms with van der Waals surface area (Å²) in [5.41, 5.74) is 13.2. The number of rotatable bonds is 9. The first kappa shape index (κ1) is 31.8. The predicted molar refractivity (Wildman–Crippen MR) is 161 cm³/mol. The van der Waals surface area contributed by atoms with Gasteiger partial charge in [0.2, 0.25) is 5.91 Å². The number of aryl methyl sites for hydroxylation is 2. The summed E-state index contributed by atoms with van der Waals surface area (Å²) in [4.78, 5) is 13.0. The average molecular weight is 543 g/mol. The highest BCUT2D eigenvalue weighted by Crippen LogP contribution is 2.38. The van der Waals surface area contributed by atoms with Gasteiger partial charge in [-0.05, 0) is 96.8 Å². The van der Waals surface area contributed by atoms with Crippen molar-refractivity contribution in [2.75, 3.05) is 0 Å². The quantitative estimate of drug-likeness (QED) is 0.191. The number of nitrogens with zero attached hydrogens (tertiary/aromatic N) is 3. The summed E-state index contributed by atoms with van der Waals surface area (Å²) in [6, 6.07) is 0. The fourth-order valence-electron chi connectivity index (χ4n) is 6.81. The lowest BCUT2D eigenvalue weighted by molar-refractivity contribution is -0.124. The van der Waals surface area contributed by atoms with Crippen molar-refractivity contribution in [3.05, 3.63) is 24.0 Å². The third-order valence-electron chi connectivity index (χ3n) is 9.72. The van der Waals surface area contributed by atoms with Crippen LogP contribution in [-0.2, 0) is 17.8 Å². The summed E-state index contributed by atoms with van der Waals surface area (Å²) >= 11 is 0. The normalized spacial score (nSPS) is 33.9. The number of aromatic nitrogens is 3. The summed E-state index contributed by atoms with van der Waals surface area (Å²) in [5.74, 6) is 0.00143. The monoisotopic (exact) mass is 542 g/mol. The second-order valence-electron chi connectivity index (χ2n) is 14.0. The highest BCUT2D eigenvalue weighted by atomic mass is 16.1. The number of unbranched alkanes of at least 4 members (excludes halogenated alkanes) is 1. The minimum atomic E-state index is -0.540. The molecule has 1 fully saturated rings. The van der Waals surface area contributed by atoms with Gasteiger partial charge in [0.05, 0.1) is 11.2 Å². The number of hydrogen-bond donors (Lipinski definition) is 3. The van der Waals surface area contributed by atoms with E-state index in [4.69, 9.17) is 11.5 Å². The van der Waals surface area contributed by atoms with Crippen LogP contribution in [-0.4, -0.2) is 37.5 Å². The van der Waals surface area contributed by atoms with Crippen molar-refractivity contribution in [3.63, 3.8) is 0 Å². The average Bonchev–Trinajstić information content (AvgIpc) is 3.27. The van der Waals surface area contributed by atoms with E-state index < -0.39 is 11.1 Å². The molecule has 3 rings (SSSR count). The van der Waals surface area contributed by atoms with Crippen molar-refractivity contribution in [3.8, 4) is 0 Å². The zero-order valence-electron chi connectivity index (χ0n) is 25.6. The van der Waals surface area contributed by atoms with E-state index in [0.717, 1.165) is 37.9 Å². The molecule has 4 atom stereocenters. The molecule has 4 unspecified atom stereocenters. The van der Waals surface area contributed by atoms with Crippen LogP contribution in [0.2, 0.25) is 0 Å². The Bertz CT molecular complexity index is 922. The van der Waals surface area contributed by atoms with Crippen LogP contribution in [0.4, 0.5) is 0 Å². The van der Waals surface area contributed by atoms with E-state index in [1.54, 1.807) is 0 Å². The van der Waals surface area contributed by atoms with Crippen LogP contribution in [0.3, 0.4) is 0 Å². The molecular formula is C32H58N6O. The molecule has 0 aliphatic heterocycles. The van der Waals surface area contributed by atoms with Crippen molar-refractivity contribution in [2.24, 2.45) is 16.9 Å². The highest BCUT2D eigenvalue weighted by molar-refractivity contribution is 5.77. The molecule has 1 heterocycles. The molecule has 7 nitrogen and oxygen atoms in total. The van der Waals surface area contributed by atoms with Gasteiger partial charge in [-0.15, -0.1) is 5.10 Å². The maximum atomic E-state index is 13.0. The van der Waals surface area contributed by atoms with Crippen molar-refractivity contribution >= 4 is 5.91 Å². The third-order valence-corrected chi connectivity index (χ3v) is 9.72. The SMILES string of the molecule is CC1(N)CCCC(C)(N)C(C)(NC(=O)CCc2cn(CCCCC3(C)CC/C=C\CCCCCCC3)nn2)C1. The van der Waals surface area contributed by atoms with Gasteiger partial charge in [0.15, 0.2) is 0 Å². The molecule has 1 aromatic heterocycles. The summed E-state index contributed by atoms with van der Waals surface area (Å²) in [7, 11) is 0. The molecular weight excluding hydrogens is 484 g/mol. The van der Waals surface area contributed by atoms with Crippen LogP contribution in [0, 0.1) is 5.41 Å². The summed E-state index contributed by atoms with van der Waals surface area (Å²) in [5, 5.41) is 11.9. The van der Waals surface area contributed by atoms with E-state index in [1.807, 2.05) is 17.8 Å². The van der Waals surface area contributed by atoms with Gasteiger partial charge in [-0.2, -0.15) is 0 Å². The van der Waals surface area contributed by atoms with Crippen molar-refractivity contribution in [1.29, 1.82) is 0 Å². The van der Waals surface area contributed by atoms with E-state index in [0.29, 0.717) is 24.7 Å². The summed E-state index contributed by atoms with van der Waals surface area (Å²) in [6.07, 6.45) is 26.8. The van der Waals surface area contributed by atoms with Gasteiger partial charge < -0.3 is 16.8 Å². The zero-order valence-corrected chi connectivity index (χ0v) is 25.6. The molecule has 5 N–H and O–H groups in total. The molecule has 0 spiro atoms. The van der Waals surface area contributed by atoms with Gasteiger partial charge in [0.1, 0.15) is 0 Å². The maximum Gasteiger partial charge on any atom is 0.220 e. The molecule has 0 aromatic carbocycles. The molecule has 2 aliphatic carbocycles. The molecule has 0 saturated heterocycles. The van der Waals surface area contributed by atoms with Crippen molar-refractivity contribution < 1.29 is 4.79 Å². The molecule has 222 valence electrons. The molecule has 0 bridgehead atoms. The van der Waals surface area contributed by atoms with Crippen LogP contribution >= 0.6 is 0 Å². The van der Waals surface area contributed by atoms with E-state index in [1.165, 1.54) is 70.6 Å². The van der Waals surface area contributed by atoms with Crippen LogP contribution < -0.4 is 16.8 Å². The van der Waals surface area contributed by atoms with Crippen molar-refractivity contribution in [2.45, 2.75) is 166 Å². The minimum Gasteiger partial charge on any atom is -0.349 e. The van der Waals surface area contributed by atoms with Crippen molar-refractivity contribution in [1.82, 2.24) is 20.3 Å². The Morgan fingerprint density at radius 3 is 2.49 bits per heavy atom. The maximum absolute atomic E-state index is 13.0. The van der Waals surface area contributed by atoms with E-state index in [2.05, 4.69) is 48.6 Å². The number of amides is 1. The first-order valence-corrected chi connectivity index (χ1v) is 15.8. The Kier molecular flexibility index (Phi) is 11.6. The first-order chi connectivity index (χ1) is 18.4. The lowest BCUT2D eigenvalue weighted by Crippen LogP contribution is -2.67. The molecule has 7 heteroatoms. The van der Waals surface area contributed by atoms with E-state index in [-0.39, 0.29) is 11.4 Å². The van der Waals surface area contributed by atoms with Crippen LogP contribution in [0.5, 0.6) is 0 Å². The largest absolute Gasteiger partial charge is 0.349 e. The number of carbonyl (C=O) groups excluding carboxylic acids is 1. The van der Waals surface area contributed by atoms with Gasteiger partial charge in [0.25, 0.3) is 0 Å². The number of hydrogen-bond acceptors (Lipinski definition) is 5. The third kappa shape index (κ3) is 10.3. The summed E-state index contributed by atoms with van der Waals surface area (Å²) in [6.45, 7) is 9.55. The van der Waals surface area contributed by atoms with Crippen LogP contribution in [0.1, 0.15) is 143 Å². The Balaban J connectivity index is 1.42. The van der Waals surface area contributed by atoms with Gasteiger partial charge >= 0.3 is 0 Å². The standard InChI is InChI=1S/C32H58N6O/c1-29(19-12-10-8-6-5-7-9-11-13-20-29)21-14-15-24-38-25-27(36-37-38)17-18-28(39)35-32(4)26-30(2,33)22-16-23-31(32,3)34/h8,10,25H,5-7,9,11-24,26,33-34H2,1-4H3,(H,35,39)/b10-8-. The molecule has 0 radical (unpaired) electrons. The Morgan fingerprint density at radius 1 is 0.923 bits per heavy atom. The number of nitrogens with one attached hydrogen (secondary N) is 1.